The van der Waals surface area contributed by atoms with Crippen LogP contribution in [0.4, 0.5) is 11.8 Å². The lowest BCUT2D eigenvalue weighted by Crippen LogP contribution is -2.28. The number of anilines is 2. The molecular weight excluding hydrogens is 358 g/mol. The molecule has 0 spiro atoms. The summed E-state index contributed by atoms with van der Waals surface area (Å²) in [5.41, 5.74) is 1.56. The monoisotopic (exact) mass is 383 g/mol. The molecule has 0 bridgehead atoms. The zero-order valence-electron chi connectivity index (χ0n) is 16.0. The molecule has 0 amide bonds. The van der Waals surface area contributed by atoms with E-state index in [4.69, 9.17) is 14.5 Å². The summed E-state index contributed by atoms with van der Waals surface area (Å²) in [6, 6.07) is 5.80. The van der Waals surface area contributed by atoms with E-state index in [1.54, 1.807) is 12.1 Å². The maximum absolute atomic E-state index is 11.5. The topological polar surface area (TPSA) is 89.5 Å². The van der Waals surface area contributed by atoms with Gasteiger partial charge < -0.3 is 19.7 Å². The van der Waals surface area contributed by atoms with Gasteiger partial charge in [-0.05, 0) is 37.5 Å². The van der Waals surface area contributed by atoms with Crippen LogP contribution in [0.2, 0.25) is 0 Å². The highest BCUT2D eigenvalue weighted by Gasteiger charge is 2.26. The summed E-state index contributed by atoms with van der Waals surface area (Å²) in [6.45, 7) is 3.33. The van der Waals surface area contributed by atoms with E-state index in [1.807, 2.05) is 12.3 Å². The molecule has 2 saturated heterocycles. The predicted molar refractivity (Wildman–Crippen MR) is 105 cm³/mol. The lowest BCUT2D eigenvalue weighted by atomic mass is 9.96. The van der Waals surface area contributed by atoms with Crippen molar-refractivity contribution in [3.05, 3.63) is 41.9 Å². The zero-order valence-corrected chi connectivity index (χ0v) is 16.0. The Bertz CT molecular complexity index is 808. The first-order valence-corrected chi connectivity index (χ1v) is 9.69. The van der Waals surface area contributed by atoms with Crippen molar-refractivity contribution in [1.29, 1.82) is 0 Å². The highest BCUT2D eigenvalue weighted by Crippen LogP contribution is 2.27. The smallest absolute Gasteiger partial charge is 0.339 e. The van der Waals surface area contributed by atoms with E-state index in [2.05, 4.69) is 20.2 Å². The van der Waals surface area contributed by atoms with Gasteiger partial charge in [-0.1, -0.05) is 0 Å². The van der Waals surface area contributed by atoms with E-state index < -0.39 is 0 Å². The Morgan fingerprint density at radius 2 is 2.07 bits per heavy atom. The molecule has 28 heavy (non-hydrogen) atoms. The largest absolute Gasteiger partial charge is 0.465 e. The quantitative estimate of drug-likeness (QED) is 0.787. The number of pyridine rings is 1. The molecule has 2 aromatic heterocycles. The third-order valence-corrected chi connectivity index (χ3v) is 5.31. The van der Waals surface area contributed by atoms with Crippen LogP contribution in [0, 0.1) is 0 Å². The lowest BCUT2D eigenvalue weighted by Gasteiger charge is -2.23. The van der Waals surface area contributed by atoms with Crippen molar-refractivity contribution in [1.82, 2.24) is 15.0 Å². The molecule has 1 unspecified atom stereocenters. The van der Waals surface area contributed by atoms with Gasteiger partial charge in [0.15, 0.2) is 0 Å². The third-order valence-electron chi connectivity index (χ3n) is 5.31. The van der Waals surface area contributed by atoms with Crippen LogP contribution in [0.1, 0.15) is 41.2 Å². The third kappa shape index (κ3) is 4.22. The van der Waals surface area contributed by atoms with Gasteiger partial charge in [-0.25, -0.2) is 19.7 Å². The average Bonchev–Trinajstić information content (AvgIpc) is 3.23. The van der Waals surface area contributed by atoms with E-state index >= 15 is 0 Å². The molecule has 0 saturated carbocycles. The number of nitrogens with one attached hydrogen (secondary N) is 1. The second kappa shape index (κ2) is 8.52. The van der Waals surface area contributed by atoms with Crippen molar-refractivity contribution < 1.29 is 14.3 Å². The number of nitrogens with zero attached hydrogens (tertiary/aromatic N) is 4. The summed E-state index contributed by atoms with van der Waals surface area (Å²) < 4.78 is 10.2. The van der Waals surface area contributed by atoms with Crippen LogP contribution in [0.5, 0.6) is 0 Å². The molecule has 148 valence electrons. The van der Waals surface area contributed by atoms with Crippen LogP contribution in [0.15, 0.2) is 30.6 Å². The van der Waals surface area contributed by atoms with Gasteiger partial charge >= 0.3 is 5.97 Å². The molecule has 0 aromatic carbocycles. The molecule has 2 aromatic rings. The Morgan fingerprint density at radius 3 is 2.82 bits per heavy atom. The number of hydrogen-bond acceptors (Lipinski definition) is 8. The van der Waals surface area contributed by atoms with Gasteiger partial charge in [0.25, 0.3) is 0 Å². The summed E-state index contributed by atoms with van der Waals surface area (Å²) in [7, 11) is 1.36. The lowest BCUT2D eigenvalue weighted by molar-refractivity contribution is 0.0600. The number of carbonyl (C=O) groups excluding carboxylic acids is 1. The average molecular weight is 383 g/mol. The van der Waals surface area contributed by atoms with Gasteiger partial charge in [0, 0.05) is 56.4 Å². The van der Waals surface area contributed by atoms with E-state index in [-0.39, 0.29) is 12.0 Å². The maximum Gasteiger partial charge on any atom is 0.339 e. The second-order valence-electron chi connectivity index (χ2n) is 7.17. The summed E-state index contributed by atoms with van der Waals surface area (Å²) >= 11 is 0. The van der Waals surface area contributed by atoms with Gasteiger partial charge in [0.2, 0.25) is 5.95 Å². The molecule has 4 heterocycles. The summed E-state index contributed by atoms with van der Waals surface area (Å²) in [5, 5.41) is 3.43. The van der Waals surface area contributed by atoms with Gasteiger partial charge in [0.1, 0.15) is 5.82 Å². The molecule has 0 radical (unpaired) electrons. The van der Waals surface area contributed by atoms with Crippen molar-refractivity contribution in [2.75, 3.05) is 43.6 Å². The second-order valence-corrected chi connectivity index (χ2v) is 7.17. The first kappa shape index (κ1) is 18.6. The van der Waals surface area contributed by atoms with Crippen LogP contribution in [0.25, 0.3) is 0 Å². The minimum Gasteiger partial charge on any atom is -0.465 e. The number of esters is 1. The first-order chi connectivity index (χ1) is 13.7. The van der Waals surface area contributed by atoms with Crippen molar-refractivity contribution in [3.63, 3.8) is 0 Å². The fraction of sp³-hybridized carbons (Fsp3) is 0.500. The van der Waals surface area contributed by atoms with Gasteiger partial charge in [0.05, 0.1) is 12.7 Å². The molecule has 0 aliphatic carbocycles. The molecule has 2 aliphatic rings. The normalized spacial score (nSPS) is 20.2. The molecule has 8 nitrogen and oxygen atoms in total. The Hall–Kier alpha value is -2.74. The number of rotatable bonds is 5. The Labute approximate surface area is 164 Å². The van der Waals surface area contributed by atoms with Gasteiger partial charge in [-0.2, -0.15) is 0 Å². The van der Waals surface area contributed by atoms with Crippen molar-refractivity contribution in [3.8, 4) is 0 Å². The maximum atomic E-state index is 11.5. The fourth-order valence-electron chi connectivity index (χ4n) is 3.72. The van der Waals surface area contributed by atoms with E-state index in [9.17, 15) is 4.79 Å². The number of ether oxygens (including phenoxy) is 2. The van der Waals surface area contributed by atoms with Crippen LogP contribution in [-0.4, -0.2) is 60.4 Å². The van der Waals surface area contributed by atoms with E-state index in [0.29, 0.717) is 11.5 Å². The number of carbonyl (C=O) groups is 1. The Kier molecular flexibility index (Phi) is 5.66. The highest BCUT2D eigenvalue weighted by molar-refractivity contribution is 5.89. The van der Waals surface area contributed by atoms with Crippen LogP contribution >= 0.6 is 0 Å². The Balaban J connectivity index is 1.37. The molecular formula is C20H25N5O3. The standard InChI is InChI=1S/C20H25N5O3/c1-27-19(26)15-2-3-18(22-12-15)23-16-5-9-25(13-16)20-21-8-4-17(24-20)14-6-10-28-11-7-14/h2-4,8,12,14,16H,5-7,9-11,13H2,1H3,(H,22,23). The number of methoxy groups -OCH3 is 1. The van der Waals surface area contributed by atoms with Crippen LogP contribution < -0.4 is 10.2 Å². The van der Waals surface area contributed by atoms with E-state index in [1.165, 1.54) is 13.3 Å². The fourth-order valence-corrected chi connectivity index (χ4v) is 3.72. The number of aromatic nitrogens is 3. The summed E-state index contributed by atoms with van der Waals surface area (Å²) in [4.78, 5) is 27.3. The van der Waals surface area contributed by atoms with E-state index in [0.717, 1.165) is 63.0 Å². The highest BCUT2D eigenvalue weighted by atomic mass is 16.5. The molecule has 8 heteroatoms. The van der Waals surface area contributed by atoms with Gasteiger partial charge in [-0.3, -0.25) is 0 Å². The molecule has 2 fully saturated rings. The van der Waals surface area contributed by atoms with Gasteiger partial charge in [-0.15, -0.1) is 0 Å². The Morgan fingerprint density at radius 1 is 1.21 bits per heavy atom. The minimum absolute atomic E-state index is 0.256. The van der Waals surface area contributed by atoms with Crippen molar-refractivity contribution in [2.45, 2.75) is 31.2 Å². The number of hydrogen-bond donors (Lipinski definition) is 1. The molecule has 1 atom stereocenters. The summed E-state index contributed by atoms with van der Waals surface area (Å²) in [6.07, 6.45) is 6.41. The molecule has 2 aliphatic heterocycles. The van der Waals surface area contributed by atoms with Crippen molar-refractivity contribution in [2.24, 2.45) is 0 Å². The molecule has 4 rings (SSSR count). The SMILES string of the molecule is COC(=O)c1ccc(NC2CCN(c3nccc(C4CCOCC4)n3)C2)nc1. The first-order valence-electron chi connectivity index (χ1n) is 9.69. The van der Waals surface area contributed by atoms with Crippen LogP contribution in [-0.2, 0) is 9.47 Å². The van der Waals surface area contributed by atoms with Crippen molar-refractivity contribution >= 4 is 17.7 Å². The zero-order chi connectivity index (χ0) is 19.3. The van der Waals surface area contributed by atoms with Crippen LogP contribution in [0.3, 0.4) is 0 Å². The predicted octanol–water partition coefficient (Wildman–Crippen LogP) is 2.24. The summed E-state index contributed by atoms with van der Waals surface area (Å²) in [5.74, 6) is 1.62. The molecule has 1 N–H and O–H groups in total. The minimum atomic E-state index is -0.382.